The van der Waals surface area contributed by atoms with Gasteiger partial charge in [-0.15, -0.1) is 46.4 Å². The van der Waals surface area contributed by atoms with Gasteiger partial charge in [-0.05, 0) is 6.42 Å². The van der Waals surface area contributed by atoms with E-state index in [1.54, 1.807) is 0 Å². The van der Waals surface area contributed by atoms with Crippen molar-refractivity contribution < 1.29 is 0 Å². The molecule has 3 aliphatic rings. The first-order chi connectivity index (χ1) is 5.95. The molecule has 2 saturated carbocycles. The highest BCUT2D eigenvalue weighted by atomic mass is 35.5. The third-order valence-corrected chi connectivity index (χ3v) is 5.69. The number of halogens is 4. The Morgan fingerprint density at radius 2 is 1.23 bits per heavy atom. The molecule has 72 valence electrons. The van der Waals surface area contributed by atoms with E-state index in [-0.39, 0.29) is 0 Å². The van der Waals surface area contributed by atoms with Crippen LogP contribution in [0.5, 0.6) is 0 Å². The quantitative estimate of drug-likeness (QED) is 0.458. The van der Waals surface area contributed by atoms with Gasteiger partial charge in [0.05, 0.1) is 0 Å². The number of allylic oxidation sites excluding steroid dienone is 2. The van der Waals surface area contributed by atoms with Crippen LogP contribution in [0.1, 0.15) is 6.42 Å². The minimum atomic E-state index is -0.548. The monoisotopic (exact) mass is 256 g/mol. The van der Waals surface area contributed by atoms with Crippen molar-refractivity contribution in [3.63, 3.8) is 0 Å². The fourth-order valence-corrected chi connectivity index (χ4v) is 4.02. The number of rotatable bonds is 0. The molecule has 0 aromatic rings. The molecular weight excluding hydrogens is 250 g/mol. The largest absolute Gasteiger partial charge is 0.128 e. The molecule has 0 aromatic carbocycles. The van der Waals surface area contributed by atoms with Crippen molar-refractivity contribution >= 4 is 46.4 Å². The van der Waals surface area contributed by atoms with Gasteiger partial charge < -0.3 is 0 Å². The zero-order valence-corrected chi connectivity index (χ0v) is 9.71. The van der Waals surface area contributed by atoms with E-state index in [1.807, 2.05) is 0 Å². The maximum absolute atomic E-state index is 6.09. The highest BCUT2D eigenvalue weighted by Crippen LogP contribution is 2.72. The van der Waals surface area contributed by atoms with Crippen molar-refractivity contribution in [3.8, 4) is 0 Å². The normalized spacial score (nSPS) is 53.2. The summed E-state index contributed by atoms with van der Waals surface area (Å²) in [5.41, 5.74) is 0. The maximum Gasteiger partial charge on any atom is 0.128 e. The Labute approximate surface area is 97.2 Å². The first-order valence-electron chi connectivity index (χ1n) is 4.39. The van der Waals surface area contributed by atoms with Crippen LogP contribution in [-0.4, -0.2) is 8.67 Å². The molecule has 0 aliphatic heterocycles. The van der Waals surface area contributed by atoms with Crippen LogP contribution >= 0.6 is 46.4 Å². The lowest BCUT2D eigenvalue weighted by Gasteiger charge is -1.98. The van der Waals surface area contributed by atoms with Crippen molar-refractivity contribution in [2.45, 2.75) is 15.1 Å². The SMILES string of the molecule is ClC1(Cl)[C@@H]2C=C[C@@H]3[C@H](C[C@@H]21)C3(Cl)Cl. The van der Waals surface area contributed by atoms with Gasteiger partial charge in [-0.25, -0.2) is 0 Å². The van der Waals surface area contributed by atoms with Crippen LogP contribution in [0.25, 0.3) is 0 Å². The van der Waals surface area contributed by atoms with Crippen molar-refractivity contribution in [1.29, 1.82) is 0 Å². The predicted molar refractivity (Wildman–Crippen MR) is 56.6 cm³/mol. The zero-order chi connectivity index (χ0) is 9.43. The van der Waals surface area contributed by atoms with E-state index in [2.05, 4.69) is 12.2 Å². The average molecular weight is 258 g/mol. The Bertz CT molecular complexity index is 266. The summed E-state index contributed by atoms with van der Waals surface area (Å²) in [5, 5.41) is 0. The van der Waals surface area contributed by atoms with E-state index in [0.717, 1.165) is 6.42 Å². The fraction of sp³-hybridized carbons (Fsp3) is 0.778. The third kappa shape index (κ3) is 1.07. The Morgan fingerprint density at radius 3 is 1.62 bits per heavy atom. The summed E-state index contributed by atoms with van der Waals surface area (Å²) in [6.07, 6.45) is 5.13. The van der Waals surface area contributed by atoms with Gasteiger partial charge in [-0.2, -0.15) is 0 Å². The molecule has 4 heteroatoms. The lowest BCUT2D eigenvalue weighted by Crippen LogP contribution is -1.96. The van der Waals surface area contributed by atoms with E-state index in [9.17, 15) is 0 Å². The molecule has 3 rings (SSSR count). The van der Waals surface area contributed by atoms with E-state index < -0.39 is 8.67 Å². The van der Waals surface area contributed by atoms with Gasteiger partial charge in [-0.3, -0.25) is 0 Å². The maximum atomic E-state index is 6.09. The van der Waals surface area contributed by atoms with Crippen molar-refractivity contribution in [3.05, 3.63) is 12.2 Å². The van der Waals surface area contributed by atoms with Gasteiger partial charge in [-0.1, -0.05) is 12.2 Å². The lowest BCUT2D eigenvalue weighted by atomic mass is 10.2. The minimum Gasteiger partial charge on any atom is -0.101 e. The topological polar surface area (TPSA) is 0 Å². The van der Waals surface area contributed by atoms with Gasteiger partial charge in [0, 0.05) is 23.7 Å². The highest BCUT2D eigenvalue weighted by Gasteiger charge is 2.71. The third-order valence-electron chi connectivity index (χ3n) is 3.56. The Kier molecular flexibility index (Phi) is 1.65. The zero-order valence-electron chi connectivity index (χ0n) is 6.68. The van der Waals surface area contributed by atoms with Crippen LogP contribution in [0.4, 0.5) is 0 Å². The van der Waals surface area contributed by atoms with Crippen LogP contribution in [0, 0.1) is 23.7 Å². The van der Waals surface area contributed by atoms with Crippen LogP contribution in [0.2, 0.25) is 0 Å². The first kappa shape index (κ1) is 9.15. The summed E-state index contributed by atoms with van der Waals surface area (Å²) in [5.74, 6) is 1.38. The van der Waals surface area contributed by atoms with E-state index in [1.165, 1.54) is 0 Å². The van der Waals surface area contributed by atoms with Crippen LogP contribution in [-0.2, 0) is 0 Å². The predicted octanol–water partition coefficient (Wildman–Crippen LogP) is 3.79. The number of alkyl halides is 4. The smallest absolute Gasteiger partial charge is 0.101 e. The Morgan fingerprint density at radius 1 is 0.846 bits per heavy atom. The molecule has 0 amide bonds. The molecule has 4 atom stereocenters. The standard InChI is InChI=1S/C9H8Cl4/c10-8(11)4-1-2-5-7(3-6(4)8)9(5,12)13/h1-2,4-7H,3H2/t4-,5-,6+,7+/m1/s1. The van der Waals surface area contributed by atoms with Crippen molar-refractivity contribution in [1.82, 2.24) is 0 Å². The summed E-state index contributed by atoms with van der Waals surface area (Å²) in [4.78, 5) is 0. The van der Waals surface area contributed by atoms with Gasteiger partial charge >= 0.3 is 0 Å². The van der Waals surface area contributed by atoms with Crippen LogP contribution in [0.15, 0.2) is 12.2 Å². The van der Waals surface area contributed by atoms with E-state index in [0.29, 0.717) is 23.7 Å². The van der Waals surface area contributed by atoms with Gasteiger partial charge in [0.1, 0.15) is 8.67 Å². The molecule has 2 fully saturated rings. The number of hydrogen-bond acceptors (Lipinski definition) is 0. The van der Waals surface area contributed by atoms with Crippen molar-refractivity contribution in [2.75, 3.05) is 0 Å². The van der Waals surface area contributed by atoms with Gasteiger partial charge in [0.2, 0.25) is 0 Å². The molecule has 0 N–H and O–H groups in total. The average Bonchev–Trinajstić information content (AvgIpc) is 2.75. The molecule has 0 heterocycles. The Hall–Kier alpha value is 0.900. The summed E-state index contributed by atoms with van der Waals surface area (Å²) < 4.78 is -1.10. The number of fused-ring (bicyclic) bond motifs is 2. The molecule has 0 bridgehead atoms. The molecule has 3 aliphatic carbocycles. The fourth-order valence-electron chi connectivity index (χ4n) is 2.48. The van der Waals surface area contributed by atoms with E-state index in [4.69, 9.17) is 46.4 Å². The lowest BCUT2D eigenvalue weighted by molar-refractivity contribution is 0.614. The highest BCUT2D eigenvalue weighted by molar-refractivity contribution is 6.52. The summed E-state index contributed by atoms with van der Waals surface area (Å²) in [7, 11) is 0. The molecule has 0 saturated heterocycles. The second kappa shape index (κ2) is 2.35. The van der Waals surface area contributed by atoms with Crippen molar-refractivity contribution in [2.24, 2.45) is 23.7 Å². The second-order valence-electron chi connectivity index (χ2n) is 4.23. The van der Waals surface area contributed by atoms with Crippen LogP contribution in [0.3, 0.4) is 0 Å². The molecule has 0 nitrogen and oxygen atoms in total. The molecule has 13 heavy (non-hydrogen) atoms. The minimum absolute atomic E-state index is 0.327. The Balaban J connectivity index is 1.86. The molecule has 0 aromatic heterocycles. The molecular formula is C9H8Cl4. The summed E-state index contributed by atoms with van der Waals surface area (Å²) in [6, 6.07) is 0. The van der Waals surface area contributed by atoms with Crippen LogP contribution < -0.4 is 0 Å². The van der Waals surface area contributed by atoms with Gasteiger partial charge in [0.15, 0.2) is 0 Å². The number of hydrogen-bond donors (Lipinski definition) is 0. The summed E-state index contributed by atoms with van der Waals surface area (Å²) in [6.45, 7) is 0. The van der Waals surface area contributed by atoms with E-state index >= 15 is 0 Å². The molecule has 0 unspecified atom stereocenters. The first-order valence-corrected chi connectivity index (χ1v) is 5.91. The second-order valence-corrected chi connectivity index (χ2v) is 7.12. The molecule has 0 spiro atoms. The van der Waals surface area contributed by atoms with Gasteiger partial charge in [0.25, 0.3) is 0 Å². The molecule has 0 radical (unpaired) electrons. The summed E-state index contributed by atoms with van der Waals surface area (Å²) >= 11 is 24.4.